The Bertz CT molecular complexity index is 969. The molecule has 1 atom stereocenters. The van der Waals surface area contributed by atoms with E-state index in [2.05, 4.69) is 25.5 Å². The minimum atomic E-state index is -0.348. The first-order chi connectivity index (χ1) is 14.7. The molecule has 1 aliphatic rings. The molecule has 30 heavy (non-hydrogen) atoms. The first kappa shape index (κ1) is 19.9. The number of hydrogen-bond acceptors (Lipinski definition) is 5. The molecule has 1 saturated heterocycles. The number of carbonyl (C=O) groups is 1. The van der Waals surface area contributed by atoms with E-state index in [9.17, 15) is 4.79 Å². The fourth-order valence-electron chi connectivity index (χ4n) is 3.58. The number of aryl methyl sites for hydroxylation is 1. The van der Waals surface area contributed by atoms with Crippen molar-refractivity contribution in [2.75, 3.05) is 31.2 Å². The van der Waals surface area contributed by atoms with Gasteiger partial charge < -0.3 is 24.8 Å². The highest BCUT2D eigenvalue weighted by atomic mass is 16.5. The number of carbonyl (C=O) groups excluding carboxylic acids is 1. The van der Waals surface area contributed by atoms with E-state index in [1.165, 1.54) is 0 Å². The van der Waals surface area contributed by atoms with Crippen molar-refractivity contribution in [2.24, 2.45) is 7.05 Å². The summed E-state index contributed by atoms with van der Waals surface area (Å²) in [4.78, 5) is 23.9. The third-order valence-electron chi connectivity index (χ3n) is 5.14. The Hall–Kier alpha value is -3.39. The zero-order chi connectivity index (χ0) is 20.8. The minimum Gasteiger partial charge on any atom is -0.378 e. The highest BCUT2D eigenvalue weighted by molar-refractivity contribution is 5.75. The van der Waals surface area contributed by atoms with Crippen molar-refractivity contribution in [1.82, 2.24) is 25.2 Å². The van der Waals surface area contributed by atoms with Gasteiger partial charge in [0.15, 0.2) is 0 Å². The van der Waals surface area contributed by atoms with Gasteiger partial charge >= 0.3 is 6.03 Å². The van der Waals surface area contributed by atoms with Crippen LogP contribution in [0.4, 0.5) is 10.6 Å². The molecule has 2 amide bonds. The lowest BCUT2D eigenvalue weighted by Crippen LogP contribution is -2.40. The van der Waals surface area contributed by atoms with Crippen LogP contribution in [0.3, 0.4) is 0 Å². The molecule has 1 aromatic carbocycles. The van der Waals surface area contributed by atoms with Crippen LogP contribution in [0.5, 0.6) is 0 Å². The number of imidazole rings is 1. The Morgan fingerprint density at radius 2 is 1.90 bits per heavy atom. The van der Waals surface area contributed by atoms with E-state index in [0.717, 1.165) is 35.9 Å². The summed E-state index contributed by atoms with van der Waals surface area (Å²) < 4.78 is 7.35. The van der Waals surface area contributed by atoms with Crippen LogP contribution in [0.25, 0.3) is 0 Å². The van der Waals surface area contributed by atoms with E-state index in [1.807, 2.05) is 60.3 Å². The van der Waals surface area contributed by atoms with Gasteiger partial charge in [-0.1, -0.05) is 36.4 Å². The molecule has 0 saturated carbocycles. The lowest BCUT2D eigenvalue weighted by Gasteiger charge is -2.29. The average molecular weight is 406 g/mol. The summed E-state index contributed by atoms with van der Waals surface area (Å²) in [6.07, 6.45) is 5.38. The number of nitrogens with one attached hydrogen (secondary N) is 2. The average Bonchev–Trinajstić information content (AvgIpc) is 3.23. The second kappa shape index (κ2) is 9.41. The molecule has 0 aliphatic carbocycles. The quantitative estimate of drug-likeness (QED) is 0.656. The van der Waals surface area contributed by atoms with Gasteiger partial charge in [0.05, 0.1) is 13.2 Å². The van der Waals surface area contributed by atoms with Crippen LogP contribution >= 0.6 is 0 Å². The topological polar surface area (TPSA) is 84.3 Å². The standard InChI is InChI=1S/C22H26N6O2/c1-27-11-10-24-21(27)19(17-6-3-2-4-7-17)26-22(29)25-16-18-8-5-9-23-20(18)28-12-14-30-15-13-28/h2-11,19H,12-16H2,1H3,(H2,25,26,29)/t19-/m0/s1. The molecule has 3 heterocycles. The number of hydrogen-bond donors (Lipinski definition) is 2. The van der Waals surface area contributed by atoms with Crippen molar-refractivity contribution in [3.8, 4) is 0 Å². The number of aromatic nitrogens is 3. The van der Waals surface area contributed by atoms with E-state index in [-0.39, 0.29) is 12.1 Å². The van der Waals surface area contributed by atoms with E-state index in [4.69, 9.17) is 4.74 Å². The number of rotatable bonds is 6. The molecule has 0 unspecified atom stereocenters. The molecule has 8 heteroatoms. The smallest absolute Gasteiger partial charge is 0.315 e. The maximum Gasteiger partial charge on any atom is 0.315 e. The number of ether oxygens (including phenoxy) is 1. The maximum atomic E-state index is 12.8. The van der Waals surface area contributed by atoms with Crippen LogP contribution in [-0.4, -0.2) is 46.9 Å². The third kappa shape index (κ3) is 4.60. The van der Waals surface area contributed by atoms with Gasteiger partial charge in [0.1, 0.15) is 17.7 Å². The Labute approximate surface area is 175 Å². The van der Waals surface area contributed by atoms with Crippen LogP contribution in [-0.2, 0) is 18.3 Å². The fraction of sp³-hybridized carbons (Fsp3) is 0.318. The molecule has 2 N–H and O–H groups in total. The van der Waals surface area contributed by atoms with Crippen LogP contribution in [0.1, 0.15) is 23.0 Å². The van der Waals surface area contributed by atoms with Crippen molar-refractivity contribution in [1.29, 1.82) is 0 Å². The van der Waals surface area contributed by atoms with Crippen molar-refractivity contribution >= 4 is 11.8 Å². The number of pyridine rings is 1. The Morgan fingerprint density at radius 3 is 2.63 bits per heavy atom. The van der Waals surface area contributed by atoms with Gasteiger partial charge in [-0.05, 0) is 11.6 Å². The van der Waals surface area contributed by atoms with Gasteiger partial charge in [-0.2, -0.15) is 0 Å². The summed E-state index contributed by atoms with van der Waals surface area (Å²) in [6, 6.07) is 13.1. The molecular formula is C22H26N6O2. The lowest BCUT2D eigenvalue weighted by atomic mass is 10.1. The van der Waals surface area contributed by atoms with Gasteiger partial charge in [0.25, 0.3) is 0 Å². The number of urea groups is 1. The molecule has 156 valence electrons. The molecule has 8 nitrogen and oxygen atoms in total. The van der Waals surface area contributed by atoms with Crippen LogP contribution in [0, 0.1) is 0 Å². The predicted molar refractivity (Wildman–Crippen MR) is 114 cm³/mol. The second-order valence-electron chi connectivity index (χ2n) is 7.15. The van der Waals surface area contributed by atoms with E-state index in [0.29, 0.717) is 19.8 Å². The first-order valence-electron chi connectivity index (χ1n) is 10.1. The molecule has 0 radical (unpaired) electrons. The predicted octanol–water partition coefficient (Wildman–Crippen LogP) is 2.24. The number of nitrogens with zero attached hydrogens (tertiary/aromatic N) is 4. The summed E-state index contributed by atoms with van der Waals surface area (Å²) in [6.45, 7) is 3.35. The number of morpholine rings is 1. The molecule has 1 fully saturated rings. The van der Waals surface area contributed by atoms with Crippen molar-refractivity contribution < 1.29 is 9.53 Å². The highest BCUT2D eigenvalue weighted by Crippen LogP contribution is 2.21. The second-order valence-corrected chi connectivity index (χ2v) is 7.15. The molecular weight excluding hydrogens is 380 g/mol. The van der Waals surface area contributed by atoms with Gasteiger partial charge in [-0.15, -0.1) is 0 Å². The normalized spacial score (nSPS) is 14.9. The van der Waals surface area contributed by atoms with Crippen LogP contribution < -0.4 is 15.5 Å². The molecule has 1 aliphatic heterocycles. The van der Waals surface area contributed by atoms with Gasteiger partial charge in [-0.25, -0.2) is 14.8 Å². The van der Waals surface area contributed by atoms with Gasteiger partial charge in [0, 0.05) is 50.8 Å². The number of amides is 2. The first-order valence-corrected chi connectivity index (χ1v) is 10.1. The lowest BCUT2D eigenvalue weighted by molar-refractivity contribution is 0.122. The van der Waals surface area contributed by atoms with E-state index in [1.54, 1.807) is 12.4 Å². The van der Waals surface area contributed by atoms with Crippen molar-refractivity contribution in [2.45, 2.75) is 12.6 Å². The van der Waals surface area contributed by atoms with Crippen LogP contribution in [0.15, 0.2) is 61.1 Å². The summed E-state index contributed by atoms with van der Waals surface area (Å²) in [5.41, 5.74) is 1.94. The minimum absolute atomic E-state index is 0.261. The van der Waals surface area contributed by atoms with Gasteiger partial charge in [-0.3, -0.25) is 0 Å². The van der Waals surface area contributed by atoms with E-state index >= 15 is 0 Å². The summed E-state index contributed by atoms with van der Waals surface area (Å²) in [7, 11) is 1.92. The number of benzene rings is 1. The summed E-state index contributed by atoms with van der Waals surface area (Å²) >= 11 is 0. The Morgan fingerprint density at radius 1 is 1.10 bits per heavy atom. The molecule has 0 bridgehead atoms. The Kier molecular flexibility index (Phi) is 6.24. The molecule has 2 aromatic heterocycles. The van der Waals surface area contributed by atoms with Crippen molar-refractivity contribution in [3.63, 3.8) is 0 Å². The zero-order valence-electron chi connectivity index (χ0n) is 17.0. The fourth-order valence-corrected chi connectivity index (χ4v) is 3.58. The largest absolute Gasteiger partial charge is 0.378 e. The monoisotopic (exact) mass is 406 g/mol. The van der Waals surface area contributed by atoms with Crippen molar-refractivity contribution in [3.05, 3.63) is 78.0 Å². The maximum absolute atomic E-state index is 12.8. The molecule has 3 aromatic rings. The third-order valence-corrected chi connectivity index (χ3v) is 5.14. The SMILES string of the molecule is Cn1ccnc1[C@@H](NC(=O)NCc1cccnc1N1CCOCC1)c1ccccc1. The van der Waals surface area contributed by atoms with Gasteiger partial charge in [0.2, 0.25) is 0 Å². The zero-order valence-corrected chi connectivity index (χ0v) is 17.0. The highest BCUT2D eigenvalue weighted by Gasteiger charge is 2.21. The summed E-state index contributed by atoms with van der Waals surface area (Å²) in [5.74, 6) is 1.66. The summed E-state index contributed by atoms with van der Waals surface area (Å²) in [5, 5.41) is 6.03. The molecule has 4 rings (SSSR count). The Balaban J connectivity index is 1.46. The van der Waals surface area contributed by atoms with E-state index < -0.39 is 0 Å². The van der Waals surface area contributed by atoms with Crippen LogP contribution in [0.2, 0.25) is 0 Å². The number of anilines is 1. The molecule has 0 spiro atoms.